The zero-order chi connectivity index (χ0) is 23.7. The zero-order valence-corrected chi connectivity index (χ0v) is 19.2. The van der Waals surface area contributed by atoms with Crippen LogP contribution in [0.5, 0.6) is 0 Å². The summed E-state index contributed by atoms with van der Waals surface area (Å²) in [5.74, 6) is -1.35. The minimum Gasteiger partial charge on any atom is -0.477 e. The van der Waals surface area contributed by atoms with Crippen LogP contribution in [-0.4, -0.2) is 25.4 Å². The molecule has 0 spiro atoms. The van der Waals surface area contributed by atoms with Crippen LogP contribution in [0.1, 0.15) is 23.2 Å². The minimum atomic E-state index is -1.35. The van der Waals surface area contributed by atoms with Crippen LogP contribution in [-0.2, 0) is 6.54 Å². The number of nitrogens with zero attached hydrogens (tertiary/aromatic N) is 4. The number of carboxylic acid groups (broad SMARTS) is 1. The van der Waals surface area contributed by atoms with Gasteiger partial charge < -0.3 is 5.11 Å². The predicted molar refractivity (Wildman–Crippen MR) is 128 cm³/mol. The molecule has 4 aromatic rings. The molecule has 0 unspecified atom stereocenters. The van der Waals surface area contributed by atoms with Crippen molar-refractivity contribution in [2.45, 2.75) is 19.4 Å². The van der Waals surface area contributed by atoms with E-state index in [1.54, 1.807) is 47.1 Å². The summed E-state index contributed by atoms with van der Waals surface area (Å²) in [6, 6.07) is 15.2. The van der Waals surface area contributed by atoms with Crippen LogP contribution in [0.4, 0.5) is 0 Å². The second-order valence-corrected chi connectivity index (χ2v) is 8.46. The number of fused-ring (bicyclic) bond motifs is 1. The summed E-state index contributed by atoms with van der Waals surface area (Å²) in [6.07, 6.45) is 0.568. The summed E-state index contributed by atoms with van der Waals surface area (Å²) < 4.78 is 2.84. The fraction of sp³-hybridized carbons (Fsp3) is 0.130. The third kappa shape index (κ3) is 4.33. The highest BCUT2D eigenvalue weighted by molar-refractivity contribution is 6.35. The van der Waals surface area contributed by atoms with Crippen LogP contribution in [0.15, 0.2) is 53.3 Å². The molecule has 0 aliphatic rings. The van der Waals surface area contributed by atoms with Crippen LogP contribution < -0.4 is 5.56 Å². The van der Waals surface area contributed by atoms with Gasteiger partial charge in [0.05, 0.1) is 22.5 Å². The Balaban J connectivity index is 2.12. The molecule has 0 saturated carbocycles. The van der Waals surface area contributed by atoms with Gasteiger partial charge in [-0.3, -0.25) is 9.36 Å². The Kier molecular flexibility index (Phi) is 6.43. The van der Waals surface area contributed by atoms with E-state index in [9.17, 15) is 14.7 Å². The molecule has 0 saturated heterocycles. The molecule has 0 amide bonds. The van der Waals surface area contributed by atoms with Gasteiger partial charge in [-0.25, -0.2) is 9.48 Å². The molecule has 0 aliphatic carbocycles. The number of pyridine rings is 1. The van der Waals surface area contributed by atoms with Crippen LogP contribution in [0, 0.1) is 11.3 Å². The number of carboxylic acids is 1. The summed E-state index contributed by atoms with van der Waals surface area (Å²) in [4.78, 5) is 24.8. The molecule has 166 valence electrons. The van der Waals surface area contributed by atoms with E-state index in [0.29, 0.717) is 43.8 Å². The van der Waals surface area contributed by atoms with E-state index in [2.05, 4.69) is 5.10 Å². The highest BCUT2D eigenvalue weighted by atomic mass is 35.5. The monoisotopic (exact) mass is 500 g/mol. The van der Waals surface area contributed by atoms with Gasteiger partial charge >= 0.3 is 5.97 Å². The second-order valence-electron chi connectivity index (χ2n) is 7.18. The maximum Gasteiger partial charge on any atom is 0.341 e. The number of aromatic nitrogens is 3. The number of hydrogen-bond acceptors (Lipinski definition) is 4. The number of nitriles is 1. The van der Waals surface area contributed by atoms with Crippen molar-refractivity contribution in [1.82, 2.24) is 14.3 Å². The molecule has 2 aromatic heterocycles. The number of carbonyl (C=O) groups is 1. The van der Waals surface area contributed by atoms with E-state index >= 15 is 0 Å². The molecule has 10 heteroatoms. The lowest BCUT2D eigenvalue weighted by Crippen LogP contribution is -2.27. The second kappa shape index (κ2) is 9.28. The molecule has 0 fully saturated rings. The number of benzene rings is 2. The van der Waals surface area contributed by atoms with Crippen molar-refractivity contribution in [3.63, 3.8) is 0 Å². The summed E-state index contributed by atoms with van der Waals surface area (Å²) in [7, 11) is 0. The average molecular weight is 502 g/mol. The van der Waals surface area contributed by atoms with Gasteiger partial charge in [-0.05, 0) is 42.8 Å². The number of rotatable bonds is 6. The third-order valence-electron chi connectivity index (χ3n) is 5.08. The van der Waals surface area contributed by atoms with Gasteiger partial charge in [0, 0.05) is 34.0 Å². The molecule has 0 bridgehead atoms. The molecule has 0 atom stereocenters. The molecule has 0 aliphatic heterocycles. The van der Waals surface area contributed by atoms with Crippen molar-refractivity contribution in [2.24, 2.45) is 0 Å². The van der Waals surface area contributed by atoms with Crippen molar-refractivity contribution >= 4 is 51.8 Å². The van der Waals surface area contributed by atoms with E-state index in [1.807, 2.05) is 6.07 Å². The Morgan fingerprint density at radius 1 is 1.06 bits per heavy atom. The molecular formula is C23H15Cl3N4O3. The van der Waals surface area contributed by atoms with Crippen molar-refractivity contribution in [3.05, 3.63) is 79.5 Å². The van der Waals surface area contributed by atoms with Gasteiger partial charge in [-0.1, -0.05) is 46.9 Å². The SMILES string of the molecule is N#CCCCn1c(=O)c(C(=O)O)cc2c(-c3ccc(Cl)cc3)n(-c3ccc(Cl)cc3Cl)nc21. The van der Waals surface area contributed by atoms with Gasteiger partial charge in [0.2, 0.25) is 0 Å². The average Bonchev–Trinajstić information content (AvgIpc) is 3.14. The molecule has 33 heavy (non-hydrogen) atoms. The van der Waals surface area contributed by atoms with Gasteiger partial charge in [-0.15, -0.1) is 5.10 Å². The first-order chi connectivity index (χ1) is 15.8. The highest BCUT2D eigenvalue weighted by Gasteiger charge is 2.23. The zero-order valence-electron chi connectivity index (χ0n) is 16.9. The Bertz CT molecular complexity index is 1480. The molecule has 4 rings (SSSR count). The first-order valence-electron chi connectivity index (χ1n) is 9.80. The van der Waals surface area contributed by atoms with E-state index in [0.717, 1.165) is 0 Å². The lowest BCUT2D eigenvalue weighted by molar-refractivity contribution is 0.0694. The summed E-state index contributed by atoms with van der Waals surface area (Å²) in [5, 5.41) is 25.0. The standard InChI is InChI=1S/C23H15Cl3N4O3/c24-14-5-3-13(4-6-14)20-16-12-17(23(32)33)22(31)29(10-2-1-9-27)21(16)28-30(20)19-8-7-15(25)11-18(19)26/h3-8,11-12H,1-2,10H2,(H,32,33). The van der Waals surface area contributed by atoms with Crippen LogP contribution in [0.2, 0.25) is 15.1 Å². The van der Waals surface area contributed by atoms with E-state index in [4.69, 9.17) is 40.1 Å². The smallest absolute Gasteiger partial charge is 0.341 e. The van der Waals surface area contributed by atoms with Gasteiger partial charge in [-0.2, -0.15) is 5.26 Å². The molecule has 2 heterocycles. The van der Waals surface area contributed by atoms with Crippen LogP contribution in [0.25, 0.3) is 28.0 Å². The molecule has 7 nitrogen and oxygen atoms in total. The van der Waals surface area contributed by atoms with E-state index in [1.165, 1.54) is 10.6 Å². The van der Waals surface area contributed by atoms with Crippen molar-refractivity contribution in [1.29, 1.82) is 5.26 Å². The van der Waals surface area contributed by atoms with Gasteiger partial charge in [0.1, 0.15) is 5.56 Å². The number of aryl methyl sites for hydroxylation is 1. The van der Waals surface area contributed by atoms with Crippen molar-refractivity contribution < 1.29 is 9.90 Å². The van der Waals surface area contributed by atoms with Gasteiger partial charge in [0.25, 0.3) is 5.56 Å². The fourth-order valence-electron chi connectivity index (χ4n) is 3.59. The lowest BCUT2D eigenvalue weighted by Gasteiger charge is -2.10. The molecular weight excluding hydrogens is 487 g/mol. The van der Waals surface area contributed by atoms with E-state index < -0.39 is 17.1 Å². The predicted octanol–water partition coefficient (Wildman–Crippen LogP) is 5.82. The topological polar surface area (TPSA) is 101 Å². The van der Waals surface area contributed by atoms with Crippen molar-refractivity contribution in [3.8, 4) is 23.0 Å². The largest absolute Gasteiger partial charge is 0.477 e. The number of aromatic carboxylic acids is 1. The first-order valence-corrected chi connectivity index (χ1v) is 10.9. The summed E-state index contributed by atoms with van der Waals surface area (Å²) in [6.45, 7) is 0.134. The normalized spacial score (nSPS) is 11.0. The molecule has 2 aromatic carbocycles. The van der Waals surface area contributed by atoms with Crippen LogP contribution >= 0.6 is 34.8 Å². The Hall–Kier alpha value is -3.31. The Morgan fingerprint density at radius 2 is 1.76 bits per heavy atom. The Morgan fingerprint density at radius 3 is 2.39 bits per heavy atom. The lowest BCUT2D eigenvalue weighted by atomic mass is 10.1. The number of unbranched alkanes of at least 4 members (excludes halogenated alkanes) is 1. The first kappa shape index (κ1) is 22.9. The maximum atomic E-state index is 13.0. The minimum absolute atomic E-state index is 0.134. The number of halogens is 3. The Labute approximate surface area is 203 Å². The number of hydrogen-bond donors (Lipinski definition) is 1. The highest BCUT2D eigenvalue weighted by Crippen LogP contribution is 2.35. The fourth-order valence-corrected chi connectivity index (χ4v) is 4.20. The summed E-state index contributed by atoms with van der Waals surface area (Å²) >= 11 is 18.6. The quantitative estimate of drug-likeness (QED) is 0.336. The van der Waals surface area contributed by atoms with Crippen molar-refractivity contribution in [2.75, 3.05) is 0 Å². The van der Waals surface area contributed by atoms with E-state index in [-0.39, 0.29) is 18.6 Å². The maximum absolute atomic E-state index is 13.0. The molecule has 1 N–H and O–H groups in total. The molecule has 0 radical (unpaired) electrons. The van der Waals surface area contributed by atoms with Gasteiger partial charge in [0.15, 0.2) is 5.65 Å². The summed E-state index contributed by atoms with van der Waals surface area (Å²) in [5.41, 5.74) is 0.904. The van der Waals surface area contributed by atoms with Crippen LogP contribution in [0.3, 0.4) is 0 Å². The third-order valence-corrected chi connectivity index (χ3v) is 5.87.